The Morgan fingerprint density at radius 3 is 1.42 bits per heavy atom. The van der Waals surface area contributed by atoms with Crippen LogP contribution in [-0.2, 0) is 38.5 Å². The molecule has 18 nitrogen and oxygen atoms in total. The molecule has 0 unspecified atom stereocenters. The van der Waals surface area contributed by atoms with Crippen LogP contribution >= 0.6 is 7.82 Å². The first-order valence-corrected chi connectivity index (χ1v) is 17.7. The zero-order valence-electron chi connectivity index (χ0n) is 28.3. The smallest absolute Gasteiger partial charge is 0.469 e. The number of hydrogen-bond acceptors (Lipinski definition) is 11. The predicted molar refractivity (Wildman–Crippen MR) is 183 cm³/mol. The first-order valence-electron chi connectivity index (χ1n) is 16.2. The fourth-order valence-corrected chi connectivity index (χ4v) is 6.80. The van der Waals surface area contributed by atoms with Gasteiger partial charge in [-0.2, -0.15) is 0 Å². The maximum absolute atomic E-state index is 11.1. The van der Waals surface area contributed by atoms with Gasteiger partial charge in [0.2, 0.25) is 0 Å². The fourth-order valence-electron chi connectivity index (χ4n) is 6.20. The molecule has 0 aromatic heterocycles. The summed E-state index contributed by atoms with van der Waals surface area (Å²) in [6, 6.07) is 19.7. The molecule has 52 heavy (non-hydrogen) atoms. The second kappa shape index (κ2) is 21.3. The number of nitrogens with zero attached hydrogens (tertiary/aromatic N) is 3. The third-order valence-corrected chi connectivity index (χ3v) is 8.98. The molecule has 1 atom stereocenters. The summed E-state index contributed by atoms with van der Waals surface area (Å²) in [7, 11) is -4.42. The van der Waals surface area contributed by atoms with Crippen LogP contribution in [0.15, 0.2) is 60.7 Å². The summed E-state index contributed by atoms with van der Waals surface area (Å²) in [5.74, 6) is -6.52. The number of carboxylic acids is 5. The lowest BCUT2D eigenvalue weighted by Gasteiger charge is -2.41. The van der Waals surface area contributed by atoms with Crippen LogP contribution in [0.3, 0.4) is 0 Å². The Bertz CT molecular complexity index is 1430. The lowest BCUT2D eigenvalue weighted by molar-refractivity contribution is -0.145. The number of phosphoric ester groups is 1. The minimum absolute atomic E-state index is 0.114. The van der Waals surface area contributed by atoms with Crippen LogP contribution in [0.5, 0.6) is 0 Å². The third kappa shape index (κ3) is 16.0. The van der Waals surface area contributed by atoms with E-state index in [-0.39, 0.29) is 31.2 Å². The second-order valence-corrected chi connectivity index (χ2v) is 13.5. The maximum atomic E-state index is 11.1. The summed E-state index contributed by atoms with van der Waals surface area (Å²) in [5, 5.41) is 54.1. The Balaban J connectivity index is 0.000000367. The Morgan fingerprint density at radius 2 is 1.06 bits per heavy atom. The van der Waals surface area contributed by atoms with Crippen molar-refractivity contribution >= 4 is 37.7 Å². The van der Waals surface area contributed by atoms with Crippen LogP contribution in [0.4, 0.5) is 0 Å². The number of carboxylic acid groups (broad SMARTS) is 5. The minimum atomic E-state index is -4.42. The van der Waals surface area contributed by atoms with Gasteiger partial charge in [-0.15, -0.1) is 0 Å². The molecule has 0 aliphatic heterocycles. The lowest BCUT2D eigenvalue weighted by Crippen LogP contribution is -2.52. The van der Waals surface area contributed by atoms with Gasteiger partial charge in [0.25, 0.3) is 0 Å². The van der Waals surface area contributed by atoms with Gasteiger partial charge in [-0.1, -0.05) is 60.7 Å². The van der Waals surface area contributed by atoms with Crippen molar-refractivity contribution < 1.29 is 73.5 Å². The van der Waals surface area contributed by atoms with Gasteiger partial charge in [-0.3, -0.25) is 43.2 Å². The summed E-state index contributed by atoms with van der Waals surface area (Å²) >= 11 is 0. The molecule has 1 aliphatic carbocycles. The van der Waals surface area contributed by atoms with Crippen molar-refractivity contribution in [1.82, 2.24) is 14.7 Å². The molecular formula is C33H46N3O15P. The molecule has 0 spiro atoms. The molecule has 1 saturated carbocycles. The third-order valence-electron chi connectivity index (χ3n) is 8.41. The van der Waals surface area contributed by atoms with Crippen molar-refractivity contribution in [2.45, 2.75) is 43.2 Å². The van der Waals surface area contributed by atoms with Crippen LogP contribution in [0.1, 0.15) is 36.8 Å². The van der Waals surface area contributed by atoms with Crippen molar-refractivity contribution in [1.29, 1.82) is 0 Å². The minimum Gasteiger partial charge on any atom is -0.480 e. The summed E-state index contributed by atoms with van der Waals surface area (Å²) in [5.41, 5.74) is 2.39. The molecule has 0 saturated heterocycles. The molecule has 2 aromatic rings. The van der Waals surface area contributed by atoms with Crippen LogP contribution in [-0.4, -0.2) is 156 Å². The quantitative estimate of drug-likeness (QED) is 0.0814. The predicted octanol–water partition coefficient (Wildman–Crippen LogP) is 0.701. The number of hydrogen-bond donors (Lipinski definition) is 8. The molecule has 288 valence electrons. The van der Waals surface area contributed by atoms with Crippen LogP contribution in [0.25, 0.3) is 0 Å². The highest BCUT2D eigenvalue weighted by molar-refractivity contribution is 7.46. The maximum Gasteiger partial charge on any atom is 0.469 e. The monoisotopic (exact) mass is 755 g/mol. The Labute approximate surface area is 299 Å². The first kappa shape index (κ1) is 43.9. The van der Waals surface area contributed by atoms with E-state index in [4.69, 9.17) is 39.8 Å². The number of benzene rings is 2. The number of aliphatic hydroxyl groups is 1. The Morgan fingerprint density at radius 1 is 0.673 bits per heavy atom. The van der Waals surface area contributed by atoms with E-state index < -0.39 is 83.0 Å². The topological polar surface area (TPSA) is 283 Å². The van der Waals surface area contributed by atoms with Gasteiger partial charge >= 0.3 is 37.7 Å². The average Bonchev–Trinajstić information content (AvgIpc) is 3.05. The standard InChI is InChI=1S/C18H21O4P.C15H25N3O11/c19-23(20,21)22-17-11-13-18(14-12-17,15-7-3-1-4-8-15)16-9-5-2-6-10-16;19-9-10(18(7-14(26)27)8-15(28)29)3-16(4-11(20)21)1-2-17(5-12(22)23)6-13(24)25/h1-10,17H,11-14H2,(H2,19,20,21);10,19H,1-9H2,(H,20,21)(H,22,23)(H,24,25)(H,26,27)(H,28,29)/t;10-/m.1/s1. The number of aliphatic carboxylic acids is 5. The van der Waals surface area contributed by atoms with Gasteiger partial charge in [0, 0.05) is 31.1 Å². The average molecular weight is 756 g/mol. The summed E-state index contributed by atoms with van der Waals surface area (Å²) < 4.78 is 16.0. The summed E-state index contributed by atoms with van der Waals surface area (Å²) in [6.45, 7) is -4.33. The van der Waals surface area contributed by atoms with E-state index in [2.05, 4.69) is 24.3 Å². The van der Waals surface area contributed by atoms with E-state index in [1.807, 2.05) is 36.4 Å². The van der Waals surface area contributed by atoms with E-state index in [1.54, 1.807) is 0 Å². The highest BCUT2D eigenvalue weighted by Crippen LogP contribution is 2.48. The SMILES string of the molecule is O=C(O)CN(CCN(CC(=O)O)C[C@H](CO)N(CC(=O)O)CC(=O)O)CC(=O)O.O=P(O)(O)OC1CCC(c2ccccc2)(c2ccccc2)CC1. The normalized spacial score (nSPS) is 15.1. The molecule has 0 amide bonds. The van der Waals surface area contributed by atoms with E-state index in [0.29, 0.717) is 12.8 Å². The van der Waals surface area contributed by atoms with Gasteiger partial charge in [-0.25, -0.2) is 4.57 Å². The number of phosphoric acid groups is 1. The largest absolute Gasteiger partial charge is 0.480 e. The fraction of sp³-hybridized carbons (Fsp3) is 0.485. The van der Waals surface area contributed by atoms with Crippen molar-refractivity contribution in [3.63, 3.8) is 0 Å². The van der Waals surface area contributed by atoms with Gasteiger partial charge in [0.1, 0.15) is 0 Å². The van der Waals surface area contributed by atoms with E-state index in [1.165, 1.54) is 16.0 Å². The number of carbonyl (C=O) groups is 5. The first-order chi connectivity index (χ1) is 24.4. The van der Waals surface area contributed by atoms with Crippen molar-refractivity contribution in [3.05, 3.63) is 71.8 Å². The zero-order valence-corrected chi connectivity index (χ0v) is 29.2. The van der Waals surface area contributed by atoms with E-state index >= 15 is 0 Å². The van der Waals surface area contributed by atoms with Crippen LogP contribution in [0.2, 0.25) is 0 Å². The van der Waals surface area contributed by atoms with Crippen molar-refractivity contribution in [2.75, 3.05) is 59.0 Å². The lowest BCUT2D eigenvalue weighted by atomic mass is 9.65. The molecular weight excluding hydrogens is 709 g/mol. The van der Waals surface area contributed by atoms with Crippen LogP contribution < -0.4 is 0 Å². The second-order valence-electron chi connectivity index (χ2n) is 12.3. The molecule has 3 rings (SSSR count). The van der Waals surface area contributed by atoms with Crippen molar-refractivity contribution in [2.24, 2.45) is 0 Å². The zero-order chi connectivity index (χ0) is 38.9. The molecule has 1 aliphatic rings. The van der Waals surface area contributed by atoms with Gasteiger partial charge in [-0.05, 0) is 36.8 Å². The van der Waals surface area contributed by atoms with Gasteiger partial charge in [0.05, 0.1) is 45.4 Å². The molecule has 19 heteroatoms. The van der Waals surface area contributed by atoms with Gasteiger partial charge < -0.3 is 40.4 Å². The Hall–Kier alpha value is -4.26. The van der Waals surface area contributed by atoms with Gasteiger partial charge in [0.15, 0.2) is 0 Å². The number of rotatable bonds is 21. The molecule has 1 fully saturated rings. The van der Waals surface area contributed by atoms with Crippen LogP contribution in [0, 0.1) is 0 Å². The highest BCUT2D eigenvalue weighted by atomic mass is 31.2. The highest BCUT2D eigenvalue weighted by Gasteiger charge is 2.40. The number of aliphatic hydroxyl groups excluding tert-OH is 1. The molecule has 2 aromatic carbocycles. The molecule has 8 N–H and O–H groups in total. The summed E-state index contributed by atoms with van der Waals surface area (Å²) in [6.07, 6.45) is 2.51. The van der Waals surface area contributed by atoms with E-state index in [9.17, 15) is 33.6 Å². The molecule has 0 radical (unpaired) electrons. The van der Waals surface area contributed by atoms with Crippen molar-refractivity contribution in [3.8, 4) is 0 Å². The summed E-state index contributed by atoms with van der Waals surface area (Å²) in [4.78, 5) is 76.0. The molecule has 0 bridgehead atoms. The molecule has 0 heterocycles. The van der Waals surface area contributed by atoms with E-state index in [0.717, 1.165) is 22.6 Å². The Kier molecular flexibility index (Phi) is 18.0.